The van der Waals surface area contributed by atoms with Crippen LogP contribution in [0.25, 0.3) is 0 Å². The van der Waals surface area contributed by atoms with Gasteiger partial charge >= 0.3 is 0 Å². The summed E-state index contributed by atoms with van der Waals surface area (Å²) >= 11 is 0. The van der Waals surface area contributed by atoms with Crippen LogP contribution in [0, 0.1) is 5.92 Å². The van der Waals surface area contributed by atoms with Crippen LogP contribution in [-0.2, 0) is 25.5 Å². The maximum absolute atomic E-state index is 12.5. The number of carbonyl (C=O) groups is 3. The molecule has 0 aliphatic carbocycles. The molecule has 4 rings (SSSR count). The Kier molecular flexibility index (Phi) is 7.57. The first kappa shape index (κ1) is 22.8. The van der Waals surface area contributed by atoms with Crippen LogP contribution in [-0.4, -0.2) is 68.6 Å². The van der Waals surface area contributed by atoms with Gasteiger partial charge in [0.05, 0.1) is 19.1 Å². The molecule has 8 nitrogen and oxygen atoms in total. The number of benzene rings is 2. The molecule has 2 aliphatic rings. The van der Waals surface area contributed by atoms with Crippen molar-refractivity contribution in [1.82, 2.24) is 10.2 Å². The summed E-state index contributed by atoms with van der Waals surface area (Å²) in [6.45, 7) is 3.13. The lowest BCUT2D eigenvalue weighted by Gasteiger charge is -2.26. The molecule has 0 unspecified atom stereocenters. The molecule has 1 N–H and O–H groups in total. The van der Waals surface area contributed by atoms with Gasteiger partial charge in [0, 0.05) is 38.3 Å². The van der Waals surface area contributed by atoms with Crippen LogP contribution in [0.1, 0.15) is 12.0 Å². The average Bonchev–Trinajstić information content (AvgIpc) is 3.25. The van der Waals surface area contributed by atoms with Crippen molar-refractivity contribution in [2.45, 2.75) is 12.8 Å². The molecule has 33 heavy (non-hydrogen) atoms. The van der Waals surface area contributed by atoms with E-state index in [-0.39, 0.29) is 36.7 Å². The molecule has 0 aromatic heterocycles. The van der Waals surface area contributed by atoms with E-state index in [2.05, 4.69) is 5.32 Å². The van der Waals surface area contributed by atoms with Crippen molar-refractivity contribution < 1.29 is 23.9 Å². The van der Waals surface area contributed by atoms with Gasteiger partial charge in [-0.05, 0) is 36.2 Å². The Morgan fingerprint density at radius 1 is 1.03 bits per heavy atom. The van der Waals surface area contributed by atoms with Crippen molar-refractivity contribution in [2.75, 3.05) is 50.9 Å². The summed E-state index contributed by atoms with van der Waals surface area (Å²) < 4.78 is 10.9. The van der Waals surface area contributed by atoms with E-state index in [1.165, 1.54) is 0 Å². The Balaban J connectivity index is 1.24. The van der Waals surface area contributed by atoms with Gasteiger partial charge in [-0.25, -0.2) is 0 Å². The van der Waals surface area contributed by atoms with Crippen LogP contribution in [0.5, 0.6) is 5.75 Å². The Hall–Kier alpha value is -3.39. The maximum atomic E-state index is 12.5. The first-order valence-corrected chi connectivity index (χ1v) is 11.3. The molecule has 0 saturated carbocycles. The predicted molar refractivity (Wildman–Crippen MR) is 123 cm³/mol. The number of hydrogen-bond acceptors (Lipinski definition) is 5. The molecule has 2 heterocycles. The normalized spacial score (nSPS) is 18.3. The van der Waals surface area contributed by atoms with Crippen LogP contribution in [0.15, 0.2) is 54.6 Å². The van der Waals surface area contributed by atoms with Gasteiger partial charge in [0.1, 0.15) is 5.75 Å². The smallest absolute Gasteiger partial charge is 0.260 e. The van der Waals surface area contributed by atoms with Crippen molar-refractivity contribution >= 4 is 23.4 Å². The second kappa shape index (κ2) is 11.0. The first-order chi connectivity index (χ1) is 16.1. The van der Waals surface area contributed by atoms with Crippen LogP contribution >= 0.6 is 0 Å². The third-order valence-corrected chi connectivity index (χ3v) is 5.93. The molecule has 1 atom stereocenters. The van der Waals surface area contributed by atoms with Crippen LogP contribution < -0.4 is 15.0 Å². The zero-order valence-corrected chi connectivity index (χ0v) is 18.6. The van der Waals surface area contributed by atoms with Gasteiger partial charge in [-0.3, -0.25) is 14.4 Å². The summed E-state index contributed by atoms with van der Waals surface area (Å²) in [5, 5.41) is 2.95. The lowest BCUT2D eigenvalue weighted by Crippen LogP contribution is -2.42. The molecule has 2 aromatic carbocycles. The Morgan fingerprint density at radius 2 is 1.76 bits per heavy atom. The summed E-state index contributed by atoms with van der Waals surface area (Å²) in [6.07, 6.45) is 0.954. The third-order valence-electron chi connectivity index (χ3n) is 5.93. The maximum Gasteiger partial charge on any atom is 0.260 e. The fraction of sp³-hybridized carbons (Fsp3) is 0.400. The summed E-state index contributed by atoms with van der Waals surface area (Å²) in [4.78, 5) is 40.6. The molecule has 2 aromatic rings. The van der Waals surface area contributed by atoms with Crippen molar-refractivity contribution in [3.05, 3.63) is 60.2 Å². The van der Waals surface area contributed by atoms with Gasteiger partial charge in [-0.1, -0.05) is 30.3 Å². The highest BCUT2D eigenvalue weighted by Crippen LogP contribution is 2.27. The van der Waals surface area contributed by atoms with Gasteiger partial charge in [-0.15, -0.1) is 0 Å². The Labute approximate surface area is 193 Å². The number of ether oxygens (including phenoxy) is 2. The quantitative estimate of drug-likeness (QED) is 0.659. The van der Waals surface area contributed by atoms with E-state index in [0.717, 1.165) is 12.0 Å². The van der Waals surface area contributed by atoms with Gasteiger partial charge in [0.2, 0.25) is 11.8 Å². The Bertz CT molecular complexity index is 958. The van der Waals surface area contributed by atoms with Gasteiger partial charge in [0.25, 0.3) is 5.91 Å². The molecule has 2 fully saturated rings. The number of morpholine rings is 1. The lowest BCUT2D eigenvalue weighted by atomic mass is 10.1. The molecule has 0 bridgehead atoms. The van der Waals surface area contributed by atoms with Crippen molar-refractivity contribution in [3.63, 3.8) is 0 Å². The number of hydrogen-bond donors (Lipinski definition) is 1. The monoisotopic (exact) mass is 451 g/mol. The van der Waals surface area contributed by atoms with E-state index in [0.29, 0.717) is 50.8 Å². The zero-order chi connectivity index (χ0) is 23.0. The van der Waals surface area contributed by atoms with E-state index in [1.54, 1.807) is 34.1 Å². The van der Waals surface area contributed by atoms with Crippen molar-refractivity contribution in [2.24, 2.45) is 5.92 Å². The minimum Gasteiger partial charge on any atom is -0.484 e. The van der Waals surface area contributed by atoms with Crippen LogP contribution in [0.2, 0.25) is 0 Å². The molecular formula is C25H29N3O5. The van der Waals surface area contributed by atoms with Gasteiger partial charge in [-0.2, -0.15) is 0 Å². The zero-order valence-electron chi connectivity index (χ0n) is 18.6. The van der Waals surface area contributed by atoms with Crippen molar-refractivity contribution in [3.8, 4) is 5.75 Å². The van der Waals surface area contributed by atoms with E-state index < -0.39 is 0 Å². The predicted octanol–water partition coefficient (Wildman–Crippen LogP) is 1.64. The highest BCUT2D eigenvalue weighted by Gasteiger charge is 2.35. The number of amides is 3. The molecule has 3 amide bonds. The van der Waals surface area contributed by atoms with E-state index in [9.17, 15) is 14.4 Å². The standard InChI is InChI=1S/C25H29N3O5/c29-23-16-20(25(31)26-11-10-19-4-2-1-3-5-19)17-28(23)21-6-8-22(9-7-21)33-18-24(30)27-12-14-32-15-13-27/h1-9,20H,10-18H2,(H,26,31)/t20-/m0/s1. The largest absolute Gasteiger partial charge is 0.484 e. The highest BCUT2D eigenvalue weighted by molar-refractivity contribution is 6.00. The molecule has 174 valence electrons. The SMILES string of the molecule is O=C(NCCc1ccccc1)[C@H]1CC(=O)N(c2ccc(OCC(=O)N3CCOCC3)cc2)C1. The summed E-state index contributed by atoms with van der Waals surface area (Å²) in [6, 6.07) is 17.0. The Morgan fingerprint density at radius 3 is 2.48 bits per heavy atom. The third kappa shape index (κ3) is 6.10. The minimum atomic E-state index is -0.365. The number of nitrogens with zero attached hydrogens (tertiary/aromatic N) is 2. The van der Waals surface area contributed by atoms with Crippen LogP contribution in [0.4, 0.5) is 5.69 Å². The van der Waals surface area contributed by atoms with Gasteiger partial charge in [0.15, 0.2) is 6.61 Å². The second-order valence-corrected chi connectivity index (χ2v) is 8.21. The second-order valence-electron chi connectivity index (χ2n) is 8.21. The lowest BCUT2D eigenvalue weighted by molar-refractivity contribution is -0.137. The highest BCUT2D eigenvalue weighted by atomic mass is 16.5. The number of carbonyl (C=O) groups excluding carboxylic acids is 3. The van der Waals surface area contributed by atoms with E-state index in [4.69, 9.17) is 9.47 Å². The fourth-order valence-corrected chi connectivity index (χ4v) is 4.02. The molecule has 0 radical (unpaired) electrons. The fourth-order valence-electron chi connectivity index (χ4n) is 4.02. The minimum absolute atomic E-state index is 0.0345. The van der Waals surface area contributed by atoms with Crippen LogP contribution in [0.3, 0.4) is 0 Å². The summed E-state index contributed by atoms with van der Waals surface area (Å²) in [7, 11) is 0. The molecule has 2 aliphatic heterocycles. The van der Waals surface area contributed by atoms with Gasteiger partial charge < -0.3 is 24.6 Å². The topological polar surface area (TPSA) is 88.2 Å². The molecular weight excluding hydrogens is 422 g/mol. The summed E-state index contributed by atoms with van der Waals surface area (Å²) in [5.74, 6) is -0.0477. The first-order valence-electron chi connectivity index (χ1n) is 11.3. The molecule has 0 spiro atoms. The summed E-state index contributed by atoms with van der Waals surface area (Å²) in [5.41, 5.74) is 1.88. The number of rotatable bonds is 8. The number of nitrogens with one attached hydrogen (secondary N) is 1. The average molecular weight is 452 g/mol. The van der Waals surface area contributed by atoms with E-state index in [1.807, 2.05) is 30.3 Å². The molecule has 8 heteroatoms. The molecule has 2 saturated heterocycles. The number of anilines is 1. The van der Waals surface area contributed by atoms with Crippen molar-refractivity contribution in [1.29, 1.82) is 0 Å². The van der Waals surface area contributed by atoms with E-state index >= 15 is 0 Å².